The van der Waals surface area contributed by atoms with Crippen LogP contribution in [0.25, 0.3) is 0 Å². The Hall–Kier alpha value is -0.550. The summed E-state index contributed by atoms with van der Waals surface area (Å²) in [5.41, 5.74) is 1.31. The van der Waals surface area contributed by atoms with Gasteiger partial charge in [-0.05, 0) is 37.9 Å². The molecule has 21 heavy (non-hydrogen) atoms. The molecule has 0 spiro atoms. The number of fused-ring (bicyclic) bond motifs is 1. The van der Waals surface area contributed by atoms with E-state index in [1.54, 1.807) is 11.8 Å². The number of hydrogen-bond donors (Lipinski definition) is 1. The molecule has 1 aromatic carbocycles. The molecule has 0 bridgehead atoms. The second kappa shape index (κ2) is 7.14. The van der Waals surface area contributed by atoms with Crippen molar-refractivity contribution >= 4 is 34.7 Å². The average molecular weight is 339 g/mol. The number of thiazole rings is 1. The summed E-state index contributed by atoms with van der Waals surface area (Å²) in [6.07, 6.45) is 3.61. The van der Waals surface area contributed by atoms with E-state index in [-0.39, 0.29) is 0 Å². The van der Waals surface area contributed by atoms with Gasteiger partial charge in [-0.1, -0.05) is 30.7 Å². The fourth-order valence-electron chi connectivity index (χ4n) is 2.67. The largest absolute Gasteiger partial charge is 0.309 e. The van der Waals surface area contributed by atoms with Crippen LogP contribution in [0.1, 0.15) is 41.4 Å². The van der Waals surface area contributed by atoms with E-state index in [1.165, 1.54) is 28.4 Å². The molecule has 2 nitrogen and oxygen atoms in total. The molecule has 1 aliphatic carbocycles. The molecule has 0 fully saturated rings. The Morgan fingerprint density at radius 3 is 3.10 bits per heavy atom. The molecule has 5 heteroatoms. The molecule has 0 saturated heterocycles. The van der Waals surface area contributed by atoms with Crippen molar-refractivity contribution in [1.82, 2.24) is 10.3 Å². The summed E-state index contributed by atoms with van der Waals surface area (Å²) in [4.78, 5) is 7.43. The first-order valence-electron chi connectivity index (χ1n) is 7.37. The van der Waals surface area contributed by atoms with Crippen LogP contribution in [0.5, 0.6) is 0 Å². The van der Waals surface area contributed by atoms with E-state index in [1.807, 2.05) is 29.5 Å². The molecule has 0 radical (unpaired) electrons. The van der Waals surface area contributed by atoms with Crippen molar-refractivity contribution in [3.8, 4) is 0 Å². The molecule has 3 rings (SSSR count). The van der Waals surface area contributed by atoms with E-state index in [2.05, 4.69) is 18.3 Å². The zero-order valence-corrected chi connectivity index (χ0v) is 14.5. The monoisotopic (exact) mass is 338 g/mol. The smallest absolute Gasteiger partial charge is 0.103 e. The number of benzene rings is 1. The minimum atomic E-state index is 0.510. The zero-order valence-electron chi connectivity index (χ0n) is 12.1. The topological polar surface area (TPSA) is 24.9 Å². The van der Waals surface area contributed by atoms with Crippen LogP contribution in [0.15, 0.2) is 29.2 Å². The number of hydrogen-bond acceptors (Lipinski definition) is 4. The number of nitrogens with one attached hydrogen (secondary N) is 1. The predicted molar refractivity (Wildman–Crippen MR) is 92.5 cm³/mol. The fourth-order valence-corrected chi connectivity index (χ4v) is 5.13. The maximum atomic E-state index is 6.21. The standard InChI is InChI=1S/C16H19ClN2S2/c1-2-18-12-7-5-8-13-16(12)21-15(19-13)10-20-14-9-4-3-6-11(14)17/h3-4,6,9,12,18H,2,5,7-8,10H2,1H3. The van der Waals surface area contributed by atoms with Gasteiger partial charge >= 0.3 is 0 Å². The summed E-state index contributed by atoms with van der Waals surface area (Å²) in [7, 11) is 0. The van der Waals surface area contributed by atoms with E-state index < -0.39 is 0 Å². The van der Waals surface area contributed by atoms with Crippen molar-refractivity contribution < 1.29 is 0 Å². The van der Waals surface area contributed by atoms with Crippen LogP contribution < -0.4 is 5.32 Å². The van der Waals surface area contributed by atoms with Crippen LogP contribution in [0.2, 0.25) is 5.02 Å². The summed E-state index contributed by atoms with van der Waals surface area (Å²) < 4.78 is 0. The lowest BCUT2D eigenvalue weighted by atomic mass is 9.98. The van der Waals surface area contributed by atoms with E-state index in [0.29, 0.717) is 6.04 Å². The summed E-state index contributed by atoms with van der Waals surface area (Å²) in [6, 6.07) is 8.52. The first kappa shape index (κ1) is 15.3. The van der Waals surface area contributed by atoms with Crippen LogP contribution >= 0.6 is 34.7 Å². The summed E-state index contributed by atoms with van der Waals surface area (Å²) >= 11 is 9.85. The van der Waals surface area contributed by atoms with Gasteiger partial charge in [-0.3, -0.25) is 0 Å². The van der Waals surface area contributed by atoms with E-state index >= 15 is 0 Å². The minimum Gasteiger partial charge on any atom is -0.309 e. The maximum Gasteiger partial charge on any atom is 0.103 e. The van der Waals surface area contributed by atoms with Crippen LogP contribution in [0.3, 0.4) is 0 Å². The predicted octanol–water partition coefficient (Wildman–Crippen LogP) is 5.08. The molecule has 1 heterocycles. The maximum absolute atomic E-state index is 6.21. The molecule has 0 aliphatic heterocycles. The summed E-state index contributed by atoms with van der Waals surface area (Å²) in [5, 5.41) is 5.62. The highest BCUT2D eigenvalue weighted by molar-refractivity contribution is 7.98. The Labute approximate surface area is 139 Å². The van der Waals surface area contributed by atoms with Gasteiger partial charge in [0.05, 0.1) is 16.5 Å². The molecular weight excluding hydrogens is 320 g/mol. The summed E-state index contributed by atoms with van der Waals surface area (Å²) in [5.74, 6) is 0.903. The number of nitrogens with zero attached hydrogens (tertiary/aromatic N) is 1. The molecule has 1 aliphatic rings. The van der Waals surface area contributed by atoms with Gasteiger partial charge in [0.2, 0.25) is 0 Å². The quantitative estimate of drug-likeness (QED) is 0.770. The molecule has 0 saturated carbocycles. The molecule has 112 valence electrons. The number of halogens is 1. The molecular formula is C16H19ClN2S2. The van der Waals surface area contributed by atoms with Crippen LogP contribution in [-0.2, 0) is 12.2 Å². The molecule has 1 aromatic heterocycles. The third kappa shape index (κ3) is 3.62. The van der Waals surface area contributed by atoms with Gasteiger partial charge < -0.3 is 5.32 Å². The molecule has 2 aromatic rings. The van der Waals surface area contributed by atoms with Crippen molar-refractivity contribution in [1.29, 1.82) is 0 Å². The average Bonchev–Trinajstić information content (AvgIpc) is 2.91. The van der Waals surface area contributed by atoms with E-state index in [4.69, 9.17) is 16.6 Å². The molecule has 0 amide bonds. The third-order valence-electron chi connectivity index (χ3n) is 3.63. The molecule has 1 unspecified atom stereocenters. The summed E-state index contributed by atoms with van der Waals surface area (Å²) in [6.45, 7) is 3.19. The van der Waals surface area contributed by atoms with Gasteiger partial charge in [0.25, 0.3) is 0 Å². The Bertz CT molecular complexity index is 612. The highest BCUT2D eigenvalue weighted by Gasteiger charge is 2.23. The van der Waals surface area contributed by atoms with Crippen LogP contribution in [-0.4, -0.2) is 11.5 Å². The van der Waals surface area contributed by atoms with Crippen molar-refractivity contribution in [2.45, 2.75) is 42.9 Å². The zero-order chi connectivity index (χ0) is 14.7. The van der Waals surface area contributed by atoms with E-state index in [9.17, 15) is 0 Å². The van der Waals surface area contributed by atoms with Gasteiger partial charge in [0, 0.05) is 15.8 Å². The normalized spacial score (nSPS) is 17.7. The molecule has 1 N–H and O–H groups in total. The van der Waals surface area contributed by atoms with Crippen molar-refractivity contribution in [2.75, 3.05) is 6.54 Å². The lowest BCUT2D eigenvalue weighted by molar-refractivity contribution is 0.476. The Morgan fingerprint density at radius 2 is 2.29 bits per heavy atom. The van der Waals surface area contributed by atoms with Crippen molar-refractivity contribution in [3.05, 3.63) is 44.9 Å². The van der Waals surface area contributed by atoms with Gasteiger partial charge in [-0.2, -0.15) is 0 Å². The van der Waals surface area contributed by atoms with Crippen molar-refractivity contribution in [3.63, 3.8) is 0 Å². The highest BCUT2D eigenvalue weighted by atomic mass is 35.5. The second-order valence-electron chi connectivity index (χ2n) is 5.14. The lowest BCUT2D eigenvalue weighted by Crippen LogP contribution is -2.23. The first-order valence-corrected chi connectivity index (χ1v) is 9.55. The number of aryl methyl sites for hydroxylation is 1. The fraction of sp³-hybridized carbons (Fsp3) is 0.438. The van der Waals surface area contributed by atoms with Gasteiger partial charge in [-0.25, -0.2) is 4.98 Å². The first-order chi connectivity index (χ1) is 10.3. The Balaban J connectivity index is 1.71. The third-order valence-corrected chi connectivity index (χ3v) is 6.55. The minimum absolute atomic E-state index is 0.510. The second-order valence-corrected chi connectivity index (χ2v) is 7.68. The lowest BCUT2D eigenvalue weighted by Gasteiger charge is -2.21. The van der Waals surface area contributed by atoms with E-state index in [0.717, 1.165) is 28.6 Å². The van der Waals surface area contributed by atoms with Gasteiger partial charge in [0.15, 0.2) is 0 Å². The Kier molecular flexibility index (Phi) is 5.22. The SMILES string of the molecule is CCNC1CCCc2nc(CSc3ccccc3Cl)sc21. The number of rotatable bonds is 5. The van der Waals surface area contributed by atoms with Gasteiger partial charge in [-0.15, -0.1) is 23.1 Å². The Morgan fingerprint density at radius 1 is 1.43 bits per heavy atom. The number of aromatic nitrogens is 1. The number of thioether (sulfide) groups is 1. The van der Waals surface area contributed by atoms with Crippen LogP contribution in [0, 0.1) is 0 Å². The highest BCUT2D eigenvalue weighted by Crippen LogP contribution is 2.37. The van der Waals surface area contributed by atoms with Crippen LogP contribution in [0.4, 0.5) is 0 Å². The van der Waals surface area contributed by atoms with Gasteiger partial charge in [0.1, 0.15) is 5.01 Å². The molecule has 1 atom stereocenters. The van der Waals surface area contributed by atoms with Crippen molar-refractivity contribution in [2.24, 2.45) is 0 Å².